The zero-order valence-electron chi connectivity index (χ0n) is 17.6. The number of anilines is 1. The number of nitrogens with one attached hydrogen (secondary N) is 1. The molecule has 2 aromatic carbocycles. The van der Waals surface area contributed by atoms with E-state index in [-0.39, 0.29) is 28.3 Å². The van der Waals surface area contributed by atoms with E-state index in [1.54, 1.807) is 0 Å². The van der Waals surface area contributed by atoms with Gasteiger partial charge in [-0.3, -0.25) is 14.9 Å². The van der Waals surface area contributed by atoms with Crippen LogP contribution in [0, 0.1) is 10.1 Å². The molecule has 0 fully saturated rings. The third kappa shape index (κ3) is 6.70. The van der Waals surface area contributed by atoms with Gasteiger partial charge in [-0.1, -0.05) is 26.7 Å². The first-order chi connectivity index (χ1) is 14.9. The lowest BCUT2D eigenvalue weighted by Gasteiger charge is -2.14. The molecule has 0 spiro atoms. The number of nitro groups is 1. The number of amides is 1. The summed E-state index contributed by atoms with van der Waals surface area (Å²) in [4.78, 5) is 34.7. The van der Waals surface area contributed by atoms with Crippen molar-refractivity contribution in [2.24, 2.45) is 0 Å². The van der Waals surface area contributed by atoms with Crippen LogP contribution in [-0.4, -0.2) is 35.1 Å². The van der Waals surface area contributed by atoms with Gasteiger partial charge in [-0.15, -0.1) is 0 Å². The molecule has 0 aliphatic heterocycles. The highest BCUT2D eigenvalue weighted by atomic mass is 16.6. The molecule has 0 atom stereocenters. The normalized spacial score (nSPS) is 10.4. The maximum absolute atomic E-state index is 12.8. The van der Waals surface area contributed by atoms with E-state index < -0.39 is 16.8 Å². The number of hydrogen-bond acceptors (Lipinski definition) is 6. The van der Waals surface area contributed by atoms with Crippen molar-refractivity contribution in [3.8, 4) is 11.5 Å². The summed E-state index contributed by atoms with van der Waals surface area (Å²) in [6, 6.07) is 8.05. The number of rotatable bonds is 12. The number of ether oxygens (including phenoxy) is 2. The summed E-state index contributed by atoms with van der Waals surface area (Å²) in [5, 5.41) is 23.1. The molecular formula is C22H26N2O7. The van der Waals surface area contributed by atoms with Gasteiger partial charge in [0.25, 0.3) is 5.91 Å². The Hall–Kier alpha value is -3.62. The number of carboxylic acids is 1. The van der Waals surface area contributed by atoms with E-state index >= 15 is 0 Å². The first-order valence-electron chi connectivity index (χ1n) is 10.1. The zero-order chi connectivity index (χ0) is 22.8. The molecule has 0 aliphatic rings. The first kappa shape index (κ1) is 23.7. The molecule has 9 nitrogen and oxygen atoms in total. The van der Waals surface area contributed by atoms with Gasteiger partial charge in [-0.05, 0) is 37.1 Å². The minimum atomic E-state index is -1.11. The fourth-order valence-electron chi connectivity index (χ4n) is 2.65. The van der Waals surface area contributed by atoms with Crippen LogP contribution in [0.5, 0.6) is 11.5 Å². The minimum absolute atomic E-state index is 0.0201. The van der Waals surface area contributed by atoms with Crippen molar-refractivity contribution >= 4 is 23.3 Å². The van der Waals surface area contributed by atoms with E-state index in [1.807, 2.05) is 13.8 Å². The number of nitro benzene ring substituents is 1. The van der Waals surface area contributed by atoms with Crippen LogP contribution in [-0.2, 0) is 0 Å². The SMILES string of the molecule is CCCCOc1cc(C(=O)O)ccc1NC(=O)c1ccc([N+](=O)[O-])c(OCCCC)c1. The van der Waals surface area contributed by atoms with Crippen molar-refractivity contribution < 1.29 is 29.1 Å². The molecule has 0 bridgehead atoms. The summed E-state index contributed by atoms with van der Waals surface area (Å²) in [5.74, 6) is -1.38. The largest absolute Gasteiger partial charge is 0.491 e. The Morgan fingerprint density at radius 1 is 0.968 bits per heavy atom. The molecule has 1 amide bonds. The van der Waals surface area contributed by atoms with E-state index in [9.17, 15) is 24.8 Å². The molecule has 2 N–H and O–H groups in total. The summed E-state index contributed by atoms with van der Waals surface area (Å²) in [6.07, 6.45) is 3.25. The fourth-order valence-corrected chi connectivity index (χ4v) is 2.65. The van der Waals surface area contributed by atoms with Gasteiger partial charge in [0, 0.05) is 17.7 Å². The third-order valence-corrected chi connectivity index (χ3v) is 4.41. The number of unbranched alkanes of at least 4 members (excludes halogenated alkanes) is 2. The van der Waals surface area contributed by atoms with Gasteiger partial charge in [0.2, 0.25) is 0 Å². The number of benzene rings is 2. The Morgan fingerprint density at radius 3 is 2.13 bits per heavy atom. The van der Waals surface area contributed by atoms with Gasteiger partial charge in [-0.2, -0.15) is 0 Å². The fraction of sp³-hybridized carbons (Fsp3) is 0.364. The maximum Gasteiger partial charge on any atom is 0.335 e. The standard InChI is InChI=1S/C22H26N2O7/c1-3-5-11-30-19-14-16(22(26)27)7-9-17(19)23-21(25)15-8-10-18(24(28)29)20(13-15)31-12-6-4-2/h7-10,13-14H,3-6,11-12H2,1-2H3,(H,23,25)(H,26,27). The Bertz CT molecular complexity index is 943. The van der Waals surface area contributed by atoms with Gasteiger partial charge in [0.15, 0.2) is 5.75 Å². The van der Waals surface area contributed by atoms with Gasteiger partial charge < -0.3 is 19.9 Å². The van der Waals surface area contributed by atoms with Crippen molar-refractivity contribution in [1.29, 1.82) is 0 Å². The predicted molar refractivity (Wildman–Crippen MR) is 115 cm³/mol. The van der Waals surface area contributed by atoms with Crippen molar-refractivity contribution in [2.45, 2.75) is 39.5 Å². The van der Waals surface area contributed by atoms with Crippen molar-refractivity contribution in [1.82, 2.24) is 0 Å². The third-order valence-electron chi connectivity index (χ3n) is 4.41. The quantitative estimate of drug-likeness (QED) is 0.278. The number of carboxylic acid groups (broad SMARTS) is 1. The van der Waals surface area contributed by atoms with E-state index in [0.29, 0.717) is 18.9 Å². The monoisotopic (exact) mass is 430 g/mol. The second-order valence-corrected chi connectivity index (χ2v) is 6.81. The molecule has 9 heteroatoms. The number of hydrogen-bond donors (Lipinski definition) is 2. The molecular weight excluding hydrogens is 404 g/mol. The van der Waals surface area contributed by atoms with Crippen LogP contribution in [0.2, 0.25) is 0 Å². The Balaban J connectivity index is 2.27. The second-order valence-electron chi connectivity index (χ2n) is 6.81. The Morgan fingerprint density at radius 2 is 1.55 bits per heavy atom. The zero-order valence-corrected chi connectivity index (χ0v) is 17.6. The molecule has 0 aromatic heterocycles. The molecule has 31 heavy (non-hydrogen) atoms. The molecule has 2 rings (SSSR count). The maximum atomic E-state index is 12.8. The summed E-state index contributed by atoms with van der Waals surface area (Å²) in [7, 11) is 0. The summed E-state index contributed by atoms with van der Waals surface area (Å²) in [5.41, 5.74) is 0.283. The summed E-state index contributed by atoms with van der Waals surface area (Å²) < 4.78 is 11.2. The van der Waals surface area contributed by atoms with Crippen LogP contribution in [0.4, 0.5) is 11.4 Å². The van der Waals surface area contributed by atoms with Crippen LogP contribution in [0.1, 0.15) is 60.2 Å². The van der Waals surface area contributed by atoms with Crippen molar-refractivity contribution in [3.63, 3.8) is 0 Å². The highest BCUT2D eigenvalue weighted by Crippen LogP contribution is 2.30. The van der Waals surface area contributed by atoms with Gasteiger partial charge in [0.1, 0.15) is 5.75 Å². The van der Waals surface area contributed by atoms with E-state index in [4.69, 9.17) is 9.47 Å². The molecule has 166 valence electrons. The van der Waals surface area contributed by atoms with Crippen LogP contribution >= 0.6 is 0 Å². The highest BCUT2D eigenvalue weighted by Gasteiger charge is 2.19. The highest BCUT2D eigenvalue weighted by molar-refractivity contribution is 6.05. The summed E-state index contributed by atoms with van der Waals surface area (Å²) in [6.45, 7) is 4.63. The molecule has 0 unspecified atom stereocenters. The van der Waals surface area contributed by atoms with E-state index in [0.717, 1.165) is 25.7 Å². The van der Waals surface area contributed by atoms with E-state index in [1.165, 1.54) is 36.4 Å². The molecule has 2 aromatic rings. The van der Waals surface area contributed by atoms with Gasteiger partial charge in [-0.25, -0.2) is 4.79 Å². The Kier molecular flexibility index (Phi) is 8.80. The molecule has 0 radical (unpaired) electrons. The second kappa shape index (κ2) is 11.5. The van der Waals surface area contributed by atoms with Crippen molar-refractivity contribution in [2.75, 3.05) is 18.5 Å². The first-order valence-corrected chi connectivity index (χ1v) is 10.1. The number of nitrogens with zero attached hydrogens (tertiary/aromatic N) is 1. The number of aromatic carboxylic acids is 1. The predicted octanol–water partition coefficient (Wildman–Crippen LogP) is 4.90. The van der Waals surface area contributed by atoms with Gasteiger partial charge in [0.05, 0.1) is 29.4 Å². The average molecular weight is 430 g/mol. The van der Waals surface area contributed by atoms with Gasteiger partial charge >= 0.3 is 11.7 Å². The van der Waals surface area contributed by atoms with E-state index in [2.05, 4.69) is 5.32 Å². The van der Waals surface area contributed by atoms with Crippen LogP contribution in [0.25, 0.3) is 0 Å². The average Bonchev–Trinajstić information content (AvgIpc) is 2.74. The van der Waals surface area contributed by atoms with Crippen LogP contribution in [0.3, 0.4) is 0 Å². The molecule has 0 aliphatic carbocycles. The molecule has 0 heterocycles. The lowest BCUT2D eigenvalue weighted by Crippen LogP contribution is -2.14. The number of carbonyl (C=O) groups is 2. The Labute approximate surface area is 180 Å². The molecule has 0 saturated heterocycles. The lowest BCUT2D eigenvalue weighted by atomic mass is 10.1. The molecule has 0 saturated carbocycles. The smallest absolute Gasteiger partial charge is 0.335 e. The summed E-state index contributed by atoms with van der Waals surface area (Å²) >= 11 is 0. The lowest BCUT2D eigenvalue weighted by molar-refractivity contribution is -0.385. The topological polar surface area (TPSA) is 128 Å². The van der Waals surface area contributed by atoms with Crippen LogP contribution in [0.15, 0.2) is 36.4 Å². The van der Waals surface area contributed by atoms with Crippen molar-refractivity contribution in [3.05, 3.63) is 57.6 Å². The number of carbonyl (C=O) groups excluding carboxylic acids is 1. The minimum Gasteiger partial charge on any atom is -0.491 e. The van der Waals surface area contributed by atoms with Crippen LogP contribution < -0.4 is 14.8 Å².